The fourth-order valence-electron chi connectivity index (χ4n) is 2.65. The molecule has 0 unspecified atom stereocenters. The third kappa shape index (κ3) is 3.45. The number of thiazole rings is 1. The predicted octanol–water partition coefficient (Wildman–Crippen LogP) is 4.77. The molecule has 0 spiro atoms. The van der Waals surface area contributed by atoms with Crippen LogP contribution in [0.3, 0.4) is 0 Å². The van der Waals surface area contributed by atoms with E-state index in [2.05, 4.69) is 4.98 Å². The number of carbonyl (C=O) groups excluding carboxylic acids is 1. The Morgan fingerprint density at radius 2 is 1.93 bits per heavy atom. The number of nitro benzene ring substituents is 1. The molecule has 0 saturated carbocycles. The highest BCUT2D eigenvalue weighted by Gasteiger charge is 2.35. The number of carbonyl (C=O) groups is 1. The predicted molar refractivity (Wildman–Crippen MR) is 111 cm³/mol. The Balaban J connectivity index is 1.62. The average molecular weight is 408 g/mol. The number of amidine groups is 1. The summed E-state index contributed by atoms with van der Waals surface area (Å²) in [6.07, 6.45) is 1.56. The van der Waals surface area contributed by atoms with Gasteiger partial charge in [-0.25, -0.2) is 9.88 Å². The lowest BCUT2D eigenvalue weighted by molar-refractivity contribution is -0.384. The van der Waals surface area contributed by atoms with Gasteiger partial charge in [-0.05, 0) is 23.4 Å². The van der Waals surface area contributed by atoms with E-state index < -0.39 is 4.92 Å². The van der Waals surface area contributed by atoms with Crippen molar-refractivity contribution in [2.24, 2.45) is 0 Å². The Hall–Kier alpha value is -3.30. The van der Waals surface area contributed by atoms with Crippen LogP contribution in [0.15, 0.2) is 64.9 Å². The molecule has 0 radical (unpaired) electrons. The number of hydrogen-bond acceptors (Lipinski definition) is 7. The summed E-state index contributed by atoms with van der Waals surface area (Å²) in [6, 6.07) is 15.6. The summed E-state index contributed by atoms with van der Waals surface area (Å²) in [5.74, 6) is -0.365. The van der Waals surface area contributed by atoms with Crippen molar-refractivity contribution < 1.29 is 9.72 Å². The SMILES string of the molecule is N=C1S/C(=C\c2cccc([N+](=O)[O-])c2)C(=O)N1c1nc(-c2ccccc2)cs1. The number of non-ortho nitro benzene ring substituents is 1. The maximum atomic E-state index is 12.8. The molecule has 1 saturated heterocycles. The van der Waals surface area contributed by atoms with Gasteiger partial charge in [-0.1, -0.05) is 42.5 Å². The molecule has 2 heterocycles. The zero-order valence-electron chi connectivity index (χ0n) is 14.2. The number of nitrogens with zero attached hydrogens (tertiary/aromatic N) is 3. The summed E-state index contributed by atoms with van der Waals surface area (Å²) in [4.78, 5) is 29.3. The molecule has 1 N–H and O–H groups in total. The minimum atomic E-state index is -0.485. The number of nitrogens with one attached hydrogen (secondary N) is 1. The van der Waals surface area contributed by atoms with Crippen molar-refractivity contribution in [2.75, 3.05) is 4.90 Å². The van der Waals surface area contributed by atoms with Crippen LogP contribution < -0.4 is 4.90 Å². The number of aromatic nitrogens is 1. The van der Waals surface area contributed by atoms with Crippen LogP contribution in [0.4, 0.5) is 10.8 Å². The fourth-order valence-corrected chi connectivity index (χ4v) is 4.39. The lowest BCUT2D eigenvalue weighted by atomic mass is 10.2. The summed E-state index contributed by atoms with van der Waals surface area (Å²) in [7, 11) is 0. The Kier molecular flexibility index (Phi) is 4.76. The molecule has 1 aliphatic heterocycles. The molecule has 0 bridgehead atoms. The van der Waals surface area contributed by atoms with Crippen molar-refractivity contribution in [1.29, 1.82) is 5.41 Å². The summed E-state index contributed by atoms with van der Waals surface area (Å²) >= 11 is 2.30. The van der Waals surface area contributed by atoms with Crippen molar-refractivity contribution in [2.45, 2.75) is 0 Å². The van der Waals surface area contributed by atoms with Crippen LogP contribution in [0.2, 0.25) is 0 Å². The first-order valence-electron chi connectivity index (χ1n) is 8.11. The van der Waals surface area contributed by atoms with Crippen LogP contribution in [0.5, 0.6) is 0 Å². The number of rotatable bonds is 4. The van der Waals surface area contributed by atoms with Crippen LogP contribution in [0.1, 0.15) is 5.56 Å². The molecule has 138 valence electrons. The Labute approximate surface area is 168 Å². The van der Waals surface area contributed by atoms with Gasteiger partial charge in [-0.3, -0.25) is 20.3 Å². The second-order valence-electron chi connectivity index (χ2n) is 5.79. The highest BCUT2D eigenvalue weighted by molar-refractivity contribution is 8.19. The Bertz CT molecular complexity index is 1120. The Morgan fingerprint density at radius 1 is 1.14 bits per heavy atom. The highest BCUT2D eigenvalue weighted by atomic mass is 32.2. The van der Waals surface area contributed by atoms with Gasteiger partial charge in [0.05, 0.1) is 15.5 Å². The lowest BCUT2D eigenvalue weighted by Crippen LogP contribution is -2.27. The van der Waals surface area contributed by atoms with Crippen LogP contribution >= 0.6 is 23.1 Å². The van der Waals surface area contributed by atoms with Crippen molar-refractivity contribution in [3.05, 3.63) is 80.6 Å². The van der Waals surface area contributed by atoms with E-state index in [-0.39, 0.29) is 16.8 Å². The second kappa shape index (κ2) is 7.37. The van der Waals surface area contributed by atoms with Gasteiger partial charge in [0.15, 0.2) is 10.3 Å². The van der Waals surface area contributed by atoms with Gasteiger partial charge < -0.3 is 0 Å². The van der Waals surface area contributed by atoms with E-state index in [9.17, 15) is 14.9 Å². The standard InChI is InChI=1S/C19H12N4O3S2/c20-18-22(19-21-15(11-27-19)13-6-2-1-3-7-13)17(24)16(28-18)10-12-5-4-8-14(9-12)23(25)26/h1-11,20H/b16-10-,20-18?. The van der Waals surface area contributed by atoms with E-state index in [1.165, 1.54) is 28.4 Å². The zero-order valence-corrected chi connectivity index (χ0v) is 15.9. The quantitative estimate of drug-likeness (QED) is 0.381. The summed E-state index contributed by atoms with van der Waals surface area (Å²) in [5.41, 5.74) is 2.15. The first kappa shape index (κ1) is 18.1. The molecule has 1 amide bonds. The van der Waals surface area contributed by atoms with Gasteiger partial charge in [0.25, 0.3) is 11.6 Å². The van der Waals surface area contributed by atoms with Crippen molar-refractivity contribution in [3.8, 4) is 11.3 Å². The molecule has 28 heavy (non-hydrogen) atoms. The van der Waals surface area contributed by atoms with Crippen LogP contribution in [-0.4, -0.2) is 21.0 Å². The number of amides is 1. The molecule has 7 nitrogen and oxygen atoms in total. The molecule has 1 fully saturated rings. The minimum Gasteiger partial charge on any atom is -0.278 e. The molecule has 1 aromatic heterocycles. The number of benzene rings is 2. The topological polar surface area (TPSA) is 100 Å². The van der Waals surface area contributed by atoms with E-state index >= 15 is 0 Å². The molecular formula is C19H12N4O3S2. The molecule has 4 rings (SSSR count). The zero-order chi connectivity index (χ0) is 19.7. The lowest BCUT2D eigenvalue weighted by Gasteiger charge is -2.09. The minimum absolute atomic E-state index is 0.0515. The number of hydrogen-bond donors (Lipinski definition) is 1. The molecule has 3 aromatic rings. The Morgan fingerprint density at radius 3 is 2.68 bits per heavy atom. The first-order chi connectivity index (χ1) is 13.5. The van der Waals surface area contributed by atoms with Gasteiger partial charge >= 0.3 is 0 Å². The maximum absolute atomic E-state index is 12.8. The molecular weight excluding hydrogens is 396 g/mol. The number of nitro groups is 1. The van der Waals surface area contributed by atoms with Crippen molar-refractivity contribution >= 4 is 51.1 Å². The largest absolute Gasteiger partial charge is 0.278 e. The summed E-state index contributed by atoms with van der Waals surface area (Å²) < 4.78 is 0. The summed E-state index contributed by atoms with van der Waals surface area (Å²) in [5, 5.41) is 21.4. The van der Waals surface area contributed by atoms with E-state index in [4.69, 9.17) is 5.41 Å². The normalized spacial score (nSPS) is 15.4. The van der Waals surface area contributed by atoms with E-state index in [0.29, 0.717) is 15.6 Å². The monoisotopic (exact) mass is 408 g/mol. The third-order valence-corrected chi connectivity index (χ3v) is 5.67. The van der Waals surface area contributed by atoms with Crippen molar-refractivity contribution in [3.63, 3.8) is 0 Å². The van der Waals surface area contributed by atoms with Crippen LogP contribution in [0.25, 0.3) is 17.3 Å². The van der Waals surface area contributed by atoms with E-state index in [0.717, 1.165) is 23.0 Å². The van der Waals surface area contributed by atoms with E-state index in [1.807, 2.05) is 35.7 Å². The van der Waals surface area contributed by atoms with Gasteiger partial charge in [0.2, 0.25) is 0 Å². The molecule has 2 aromatic carbocycles. The summed E-state index contributed by atoms with van der Waals surface area (Å²) in [6.45, 7) is 0. The smallest absolute Gasteiger partial charge is 0.273 e. The molecule has 1 aliphatic rings. The van der Waals surface area contributed by atoms with Crippen molar-refractivity contribution in [1.82, 2.24) is 4.98 Å². The van der Waals surface area contributed by atoms with Gasteiger partial charge in [0.1, 0.15) is 0 Å². The average Bonchev–Trinajstić information content (AvgIpc) is 3.27. The maximum Gasteiger partial charge on any atom is 0.273 e. The molecule has 0 atom stereocenters. The fraction of sp³-hybridized carbons (Fsp3) is 0. The number of thioether (sulfide) groups is 1. The van der Waals surface area contributed by atoms with Crippen LogP contribution in [0, 0.1) is 15.5 Å². The highest BCUT2D eigenvalue weighted by Crippen LogP contribution is 2.38. The first-order valence-corrected chi connectivity index (χ1v) is 9.80. The third-order valence-electron chi connectivity index (χ3n) is 3.96. The second-order valence-corrected chi connectivity index (χ2v) is 7.66. The van der Waals surface area contributed by atoms with Gasteiger partial charge in [0, 0.05) is 23.1 Å². The number of anilines is 1. The van der Waals surface area contributed by atoms with Crippen LogP contribution in [-0.2, 0) is 4.79 Å². The van der Waals surface area contributed by atoms with Gasteiger partial charge in [-0.15, -0.1) is 11.3 Å². The van der Waals surface area contributed by atoms with Gasteiger partial charge in [-0.2, -0.15) is 0 Å². The molecule has 0 aliphatic carbocycles. The molecule has 9 heteroatoms. The van der Waals surface area contributed by atoms with E-state index in [1.54, 1.807) is 18.2 Å².